The van der Waals surface area contributed by atoms with Crippen LogP contribution in [0.15, 0.2) is 29.2 Å². The molecule has 1 aliphatic rings. The van der Waals surface area contributed by atoms with E-state index >= 15 is 0 Å². The highest BCUT2D eigenvalue weighted by Crippen LogP contribution is 2.31. The van der Waals surface area contributed by atoms with Gasteiger partial charge in [-0.2, -0.15) is 0 Å². The van der Waals surface area contributed by atoms with Crippen LogP contribution in [0.3, 0.4) is 0 Å². The third kappa shape index (κ3) is 3.05. The van der Waals surface area contributed by atoms with Crippen molar-refractivity contribution in [1.82, 2.24) is 4.98 Å². The molecular formula is C18H24N2O2S. The molecule has 1 fully saturated rings. The van der Waals surface area contributed by atoms with Crippen LogP contribution in [0.5, 0.6) is 0 Å². The van der Waals surface area contributed by atoms with Gasteiger partial charge in [-0.05, 0) is 49.8 Å². The third-order valence-electron chi connectivity index (χ3n) is 4.97. The Kier molecular flexibility index (Phi) is 4.54. The molecule has 5 heteroatoms. The number of piperidine rings is 1. The predicted octanol–water partition coefficient (Wildman–Crippen LogP) is 2.98. The molecule has 0 amide bonds. The molecule has 1 saturated heterocycles. The second kappa shape index (κ2) is 6.30. The molecule has 0 aliphatic carbocycles. The molecule has 0 saturated carbocycles. The minimum Gasteiger partial charge on any atom is -0.388 e. The molecule has 23 heavy (non-hydrogen) atoms. The fraction of sp³-hybridized carbons (Fsp3) is 0.500. The lowest BCUT2D eigenvalue weighted by molar-refractivity contribution is -0.0879. The number of aryl methyl sites for hydroxylation is 1. The molecule has 1 aromatic carbocycles. The van der Waals surface area contributed by atoms with Crippen LogP contribution in [0.25, 0.3) is 10.9 Å². The maximum absolute atomic E-state index is 10.4. The van der Waals surface area contributed by atoms with Crippen molar-refractivity contribution < 1.29 is 10.2 Å². The van der Waals surface area contributed by atoms with Gasteiger partial charge in [0.05, 0.1) is 11.1 Å². The first-order chi connectivity index (χ1) is 11.0. The van der Waals surface area contributed by atoms with E-state index in [4.69, 9.17) is 4.98 Å². The number of rotatable bonds is 3. The summed E-state index contributed by atoms with van der Waals surface area (Å²) in [6.45, 7) is 5.14. The van der Waals surface area contributed by atoms with E-state index in [2.05, 4.69) is 42.3 Å². The maximum atomic E-state index is 10.4. The second-order valence-corrected chi connectivity index (χ2v) is 7.23. The van der Waals surface area contributed by atoms with E-state index in [9.17, 15) is 10.2 Å². The molecule has 1 aromatic heterocycles. The van der Waals surface area contributed by atoms with Crippen LogP contribution in [0, 0.1) is 6.92 Å². The first-order valence-electron chi connectivity index (χ1n) is 8.07. The van der Waals surface area contributed by atoms with Crippen LogP contribution in [0.2, 0.25) is 0 Å². The summed E-state index contributed by atoms with van der Waals surface area (Å²) in [6.07, 6.45) is 2.46. The Morgan fingerprint density at radius 3 is 2.83 bits per heavy atom. The zero-order valence-electron chi connectivity index (χ0n) is 13.9. The van der Waals surface area contributed by atoms with Gasteiger partial charge in [-0.1, -0.05) is 13.0 Å². The average molecular weight is 332 g/mol. The quantitative estimate of drug-likeness (QED) is 0.846. The Morgan fingerprint density at radius 1 is 1.39 bits per heavy atom. The number of thioether (sulfide) groups is 1. The number of β-amino-alcohol motifs (C(OH)–C–C–N with tert-alkyl or cyclic N) is 1. The minimum absolute atomic E-state index is 0.421. The van der Waals surface area contributed by atoms with Crippen LogP contribution >= 0.6 is 11.8 Å². The molecule has 0 unspecified atom stereocenters. The lowest BCUT2D eigenvalue weighted by atomic mass is 9.86. The van der Waals surface area contributed by atoms with Crippen LogP contribution in [0.4, 0.5) is 5.82 Å². The van der Waals surface area contributed by atoms with E-state index in [0.717, 1.165) is 16.7 Å². The summed E-state index contributed by atoms with van der Waals surface area (Å²) in [5.41, 5.74) is 1.20. The number of benzene rings is 1. The van der Waals surface area contributed by atoms with E-state index in [1.165, 1.54) is 10.5 Å². The zero-order valence-corrected chi connectivity index (χ0v) is 14.7. The SMILES string of the molecule is CC[C@@]1(O)CCN(c2cc(C)c3ccc(SC)cc3n2)C[C@H]1O. The summed E-state index contributed by atoms with van der Waals surface area (Å²) in [4.78, 5) is 8.07. The summed E-state index contributed by atoms with van der Waals surface area (Å²) < 4.78 is 0. The topological polar surface area (TPSA) is 56.6 Å². The molecule has 3 rings (SSSR count). The molecule has 0 bridgehead atoms. The van der Waals surface area contributed by atoms with Crippen LogP contribution < -0.4 is 4.90 Å². The molecule has 2 aromatic rings. The van der Waals surface area contributed by atoms with Gasteiger partial charge in [0.2, 0.25) is 0 Å². The molecule has 2 atom stereocenters. The van der Waals surface area contributed by atoms with E-state index < -0.39 is 11.7 Å². The van der Waals surface area contributed by atoms with Crippen molar-refractivity contribution in [1.29, 1.82) is 0 Å². The summed E-state index contributed by atoms with van der Waals surface area (Å²) in [5, 5.41) is 21.9. The van der Waals surface area contributed by atoms with Gasteiger partial charge in [0.15, 0.2) is 0 Å². The fourth-order valence-corrected chi connectivity index (χ4v) is 3.67. The highest BCUT2D eigenvalue weighted by molar-refractivity contribution is 7.98. The van der Waals surface area contributed by atoms with Gasteiger partial charge in [0, 0.05) is 23.4 Å². The molecule has 0 radical (unpaired) electrons. The largest absolute Gasteiger partial charge is 0.388 e. The van der Waals surface area contributed by atoms with Crippen molar-refractivity contribution in [2.75, 3.05) is 24.2 Å². The molecule has 0 spiro atoms. The van der Waals surface area contributed by atoms with Crippen LogP contribution in [-0.4, -0.2) is 46.2 Å². The van der Waals surface area contributed by atoms with Gasteiger partial charge in [-0.25, -0.2) is 4.98 Å². The number of nitrogens with zero attached hydrogens (tertiary/aromatic N) is 2. The Balaban J connectivity index is 1.94. The van der Waals surface area contributed by atoms with E-state index in [1.54, 1.807) is 11.8 Å². The average Bonchev–Trinajstić information content (AvgIpc) is 2.56. The number of aliphatic hydroxyl groups excluding tert-OH is 1. The number of fused-ring (bicyclic) bond motifs is 1. The van der Waals surface area contributed by atoms with E-state index in [0.29, 0.717) is 25.9 Å². The lowest BCUT2D eigenvalue weighted by Crippen LogP contribution is -2.55. The summed E-state index contributed by atoms with van der Waals surface area (Å²) in [5.74, 6) is 0.880. The number of aliphatic hydroxyl groups is 2. The first-order valence-corrected chi connectivity index (χ1v) is 9.30. The van der Waals surface area contributed by atoms with Crippen molar-refractivity contribution >= 4 is 28.5 Å². The maximum Gasteiger partial charge on any atom is 0.129 e. The van der Waals surface area contributed by atoms with Crippen molar-refractivity contribution in [3.05, 3.63) is 29.8 Å². The third-order valence-corrected chi connectivity index (χ3v) is 5.70. The summed E-state index contributed by atoms with van der Waals surface area (Å²) >= 11 is 1.71. The fourth-order valence-electron chi connectivity index (χ4n) is 3.24. The second-order valence-electron chi connectivity index (χ2n) is 6.35. The minimum atomic E-state index is -0.964. The van der Waals surface area contributed by atoms with Gasteiger partial charge in [-0.3, -0.25) is 0 Å². The number of pyridine rings is 1. The number of anilines is 1. The van der Waals surface area contributed by atoms with E-state index in [-0.39, 0.29) is 0 Å². The van der Waals surface area contributed by atoms with Crippen LogP contribution in [0.1, 0.15) is 25.3 Å². The Morgan fingerprint density at radius 2 is 2.17 bits per heavy atom. The van der Waals surface area contributed by atoms with Crippen molar-refractivity contribution in [3.63, 3.8) is 0 Å². The van der Waals surface area contributed by atoms with Crippen molar-refractivity contribution in [2.24, 2.45) is 0 Å². The monoisotopic (exact) mass is 332 g/mol. The molecule has 1 aliphatic heterocycles. The van der Waals surface area contributed by atoms with Gasteiger partial charge >= 0.3 is 0 Å². The highest BCUT2D eigenvalue weighted by atomic mass is 32.2. The molecule has 2 heterocycles. The Bertz CT molecular complexity index is 721. The smallest absolute Gasteiger partial charge is 0.129 e. The normalized spacial score (nSPS) is 25.1. The van der Waals surface area contributed by atoms with Gasteiger partial charge < -0.3 is 15.1 Å². The van der Waals surface area contributed by atoms with E-state index in [1.807, 2.05) is 6.92 Å². The summed E-state index contributed by atoms with van der Waals surface area (Å²) in [7, 11) is 0. The number of hydrogen-bond acceptors (Lipinski definition) is 5. The molecule has 124 valence electrons. The first kappa shape index (κ1) is 16.6. The molecule has 2 N–H and O–H groups in total. The standard InChI is InChI=1S/C18H24N2O2S/c1-4-18(22)7-8-20(11-16(18)21)17-9-12(2)14-6-5-13(23-3)10-15(14)19-17/h5-6,9-10,16,21-22H,4,7-8,11H2,1-3H3/t16-,18-/m1/s1. The van der Waals surface area contributed by atoms with Gasteiger partial charge in [-0.15, -0.1) is 11.8 Å². The molecule has 4 nitrogen and oxygen atoms in total. The van der Waals surface area contributed by atoms with Crippen molar-refractivity contribution in [3.8, 4) is 0 Å². The number of aromatic nitrogens is 1. The lowest BCUT2D eigenvalue weighted by Gasteiger charge is -2.42. The predicted molar refractivity (Wildman–Crippen MR) is 96.3 cm³/mol. The van der Waals surface area contributed by atoms with Crippen molar-refractivity contribution in [2.45, 2.75) is 43.3 Å². The van der Waals surface area contributed by atoms with Gasteiger partial charge in [0.1, 0.15) is 11.9 Å². The summed E-state index contributed by atoms with van der Waals surface area (Å²) in [6, 6.07) is 8.42. The zero-order chi connectivity index (χ0) is 16.6. The number of hydrogen-bond donors (Lipinski definition) is 2. The highest BCUT2D eigenvalue weighted by Gasteiger charge is 2.39. The van der Waals surface area contributed by atoms with Gasteiger partial charge in [0.25, 0.3) is 0 Å². The Hall–Kier alpha value is -1.30. The Labute approximate surface area is 141 Å². The molecular weight excluding hydrogens is 308 g/mol. The van der Waals surface area contributed by atoms with Crippen LogP contribution in [-0.2, 0) is 0 Å².